The molecule has 24 heavy (non-hydrogen) atoms. The Labute approximate surface area is 143 Å². The fourth-order valence-electron chi connectivity index (χ4n) is 2.27. The summed E-state index contributed by atoms with van der Waals surface area (Å²) in [5, 5.41) is 0. The van der Waals surface area contributed by atoms with Gasteiger partial charge >= 0.3 is 6.18 Å². The molecule has 0 unspecified atom stereocenters. The summed E-state index contributed by atoms with van der Waals surface area (Å²) in [6.07, 6.45) is -4.54. The molecule has 0 atom stereocenters. The van der Waals surface area contributed by atoms with Crippen molar-refractivity contribution in [1.29, 1.82) is 0 Å². The van der Waals surface area contributed by atoms with Crippen LogP contribution in [0.3, 0.4) is 0 Å². The molecule has 0 aliphatic carbocycles. The van der Waals surface area contributed by atoms with Crippen LogP contribution < -0.4 is 9.47 Å². The van der Waals surface area contributed by atoms with E-state index in [2.05, 4.69) is 20.9 Å². The molecule has 3 rings (SSSR count). The number of rotatable bonds is 3. The average molecular weight is 402 g/mol. The smallest absolute Gasteiger partial charge is 0.419 e. The third kappa shape index (κ3) is 2.93. The molecule has 0 bridgehead atoms. The Kier molecular flexibility index (Phi) is 4.16. The van der Waals surface area contributed by atoms with Crippen molar-refractivity contribution in [1.82, 2.24) is 4.98 Å². The topological polar surface area (TPSA) is 44.5 Å². The number of aromatic nitrogens is 1. The maximum Gasteiger partial charge on any atom is 0.419 e. The molecule has 2 aromatic carbocycles. The first-order valence-electron chi connectivity index (χ1n) is 6.73. The second kappa shape index (κ2) is 6.01. The Morgan fingerprint density at radius 3 is 2.46 bits per heavy atom. The van der Waals surface area contributed by atoms with Crippen LogP contribution in [0.2, 0.25) is 0 Å². The normalized spacial score (nSPS) is 11.8. The molecule has 1 aromatic heterocycles. The number of oxazole rings is 1. The number of alkyl halides is 3. The van der Waals surface area contributed by atoms with E-state index in [1.165, 1.54) is 26.4 Å². The second-order valence-electron chi connectivity index (χ2n) is 4.89. The van der Waals surface area contributed by atoms with Gasteiger partial charge in [-0.2, -0.15) is 13.2 Å². The summed E-state index contributed by atoms with van der Waals surface area (Å²) in [6, 6.07) is 6.98. The van der Waals surface area contributed by atoms with E-state index in [0.29, 0.717) is 21.3 Å². The van der Waals surface area contributed by atoms with E-state index in [4.69, 9.17) is 13.9 Å². The molecule has 0 saturated heterocycles. The van der Waals surface area contributed by atoms with Crippen LogP contribution in [0.1, 0.15) is 5.56 Å². The number of halogens is 4. The lowest BCUT2D eigenvalue weighted by Gasteiger charge is -2.12. The Bertz CT molecular complexity index is 905. The minimum atomic E-state index is -4.54. The lowest BCUT2D eigenvalue weighted by molar-refractivity contribution is -0.138. The summed E-state index contributed by atoms with van der Waals surface area (Å²) in [4.78, 5) is 4.25. The molecule has 126 valence electrons. The molecule has 1 heterocycles. The van der Waals surface area contributed by atoms with Gasteiger partial charge in [-0.3, -0.25) is 0 Å². The van der Waals surface area contributed by atoms with Crippen LogP contribution in [-0.4, -0.2) is 19.2 Å². The van der Waals surface area contributed by atoms with Crippen LogP contribution in [-0.2, 0) is 6.18 Å². The molecule has 4 nitrogen and oxygen atoms in total. The van der Waals surface area contributed by atoms with E-state index in [-0.39, 0.29) is 17.2 Å². The van der Waals surface area contributed by atoms with E-state index >= 15 is 0 Å². The van der Waals surface area contributed by atoms with Crippen molar-refractivity contribution < 1.29 is 27.1 Å². The fourth-order valence-corrected chi connectivity index (χ4v) is 2.78. The average Bonchev–Trinajstić information content (AvgIpc) is 2.98. The Hall–Kier alpha value is -2.22. The zero-order chi connectivity index (χ0) is 17.5. The molecular formula is C16H11BrF3NO3. The first kappa shape index (κ1) is 16.6. The molecule has 0 saturated carbocycles. The van der Waals surface area contributed by atoms with Crippen molar-refractivity contribution in [3.05, 3.63) is 40.4 Å². The van der Waals surface area contributed by atoms with Crippen molar-refractivity contribution in [3.63, 3.8) is 0 Å². The lowest BCUT2D eigenvalue weighted by atomic mass is 10.1. The summed E-state index contributed by atoms with van der Waals surface area (Å²) in [5.74, 6) is 0.372. The number of ether oxygens (including phenoxy) is 2. The van der Waals surface area contributed by atoms with Gasteiger partial charge < -0.3 is 13.9 Å². The molecule has 0 amide bonds. The van der Waals surface area contributed by atoms with Crippen LogP contribution >= 0.6 is 15.9 Å². The zero-order valence-corrected chi connectivity index (χ0v) is 14.2. The summed E-state index contributed by atoms with van der Waals surface area (Å²) in [5.41, 5.74) is 0.211. The summed E-state index contributed by atoms with van der Waals surface area (Å²) < 4.78 is 55.5. The Morgan fingerprint density at radius 2 is 1.83 bits per heavy atom. The second-order valence-corrected chi connectivity index (χ2v) is 5.74. The first-order valence-corrected chi connectivity index (χ1v) is 7.52. The summed E-state index contributed by atoms with van der Waals surface area (Å²) in [7, 11) is 2.70. The summed E-state index contributed by atoms with van der Waals surface area (Å²) >= 11 is 3.33. The highest BCUT2D eigenvalue weighted by Crippen LogP contribution is 2.39. The van der Waals surface area contributed by atoms with Crippen molar-refractivity contribution in [2.24, 2.45) is 0 Å². The lowest BCUT2D eigenvalue weighted by Crippen LogP contribution is -2.07. The molecule has 8 heteroatoms. The number of hydrogen-bond acceptors (Lipinski definition) is 4. The van der Waals surface area contributed by atoms with E-state index in [1.807, 2.05) is 0 Å². The van der Waals surface area contributed by atoms with Crippen LogP contribution in [0, 0.1) is 0 Å². The number of methoxy groups -OCH3 is 2. The molecule has 0 fully saturated rings. The molecule has 0 radical (unpaired) electrons. The fraction of sp³-hybridized carbons (Fsp3) is 0.188. The van der Waals surface area contributed by atoms with E-state index in [9.17, 15) is 13.2 Å². The van der Waals surface area contributed by atoms with Gasteiger partial charge in [0, 0.05) is 11.6 Å². The molecule has 0 spiro atoms. The van der Waals surface area contributed by atoms with Crippen molar-refractivity contribution in [2.75, 3.05) is 14.2 Å². The SMILES string of the molecule is COc1cc(Br)c2oc(-c3ccc(OC)c(C(F)(F)F)c3)nc2c1. The van der Waals surface area contributed by atoms with Crippen LogP contribution in [0.5, 0.6) is 11.5 Å². The van der Waals surface area contributed by atoms with Crippen LogP contribution in [0.4, 0.5) is 13.2 Å². The van der Waals surface area contributed by atoms with Gasteiger partial charge in [0.1, 0.15) is 17.0 Å². The van der Waals surface area contributed by atoms with Gasteiger partial charge in [0.25, 0.3) is 0 Å². The molecule has 0 aliphatic rings. The van der Waals surface area contributed by atoms with Crippen molar-refractivity contribution in [3.8, 4) is 23.0 Å². The van der Waals surface area contributed by atoms with Gasteiger partial charge in [-0.25, -0.2) is 4.98 Å². The molecule has 0 N–H and O–H groups in total. The predicted molar refractivity (Wildman–Crippen MR) is 85.3 cm³/mol. The van der Waals surface area contributed by atoms with Crippen LogP contribution in [0.15, 0.2) is 39.2 Å². The van der Waals surface area contributed by atoms with E-state index in [1.54, 1.807) is 12.1 Å². The number of nitrogens with zero attached hydrogens (tertiary/aromatic N) is 1. The van der Waals surface area contributed by atoms with Crippen LogP contribution in [0.25, 0.3) is 22.6 Å². The minimum Gasteiger partial charge on any atom is -0.497 e. The highest BCUT2D eigenvalue weighted by Gasteiger charge is 2.35. The third-order valence-corrected chi connectivity index (χ3v) is 3.99. The maximum atomic E-state index is 13.1. The Balaban J connectivity index is 2.15. The predicted octanol–water partition coefficient (Wildman–Crippen LogP) is 5.29. The van der Waals surface area contributed by atoms with Crippen molar-refractivity contribution >= 4 is 27.0 Å². The highest BCUT2D eigenvalue weighted by atomic mass is 79.9. The van der Waals surface area contributed by atoms with Gasteiger partial charge in [0.2, 0.25) is 5.89 Å². The van der Waals surface area contributed by atoms with Gasteiger partial charge in [-0.1, -0.05) is 0 Å². The standard InChI is InChI=1S/C16H11BrF3NO3/c1-22-9-6-11(17)14-12(7-9)21-15(24-14)8-3-4-13(23-2)10(5-8)16(18,19)20/h3-7H,1-2H3. The number of benzene rings is 2. The first-order chi connectivity index (χ1) is 11.3. The monoisotopic (exact) mass is 401 g/mol. The molecule has 3 aromatic rings. The highest BCUT2D eigenvalue weighted by molar-refractivity contribution is 9.10. The Morgan fingerprint density at radius 1 is 1.08 bits per heavy atom. The van der Waals surface area contributed by atoms with Gasteiger partial charge in [0.05, 0.1) is 24.3 Å². The number of fused-ring (bicyclic) bond motifs is 1. The van der Waals surface area contributed by atoms with Crippen molar-refractivity contribution in [2.45, 2.75) is 6.18 Å². The molecule has 0 aliphatic heterocycles. The van der Waals surface area contributed by atoms with E-state index in [0.717, 1.165) is 6.07 Å². The minimum absolute atomic E-state index is 0.0760. The number of hydrogen-bond donors (Lipinski definition) is 0. The molecular weight excluding hydrogens is 391 g/mol. The van der Waals surface area contributed by atoms with Gasteiger partial charge in [0.15, 0.2) is 5.58 Å². The quantitative estimate of drug-likeness (QED) is 0.597. The van der Waals surface area contributed by atoms with E-state index < -0.39 is 11.7 Å². The summed E-state index contributed by atoms with van der Waals surface area (Å²) in [6.45, 7) is 0. The third-order valence-electron chi connectivity index (χ3n) is 3.41. The van der Waals surface area contributed by atoms with Gasteiger partial charge in [-0.05, 0) is 40.2 Å². The maximum absolute atomic E-state index is 13.1. The zero-order valence-electron chi connectivity index (χ0n) is 12.6. The largest absolute Gasteiger partial charge is 0.497 e. The van der Waals surface area contributed by atoms with Gasteiger partial charge in [-0.15, -0.1) is 0 Å².